The smallest absolute Gasteiger partial charge is 0.286 e. The Morgan fingerprint density at radius 2 is 2.00 bits per heavy atom. The van der Waals surface area contributed by atoms with E-state index in [0.717, 1.165) is 36.9 Å². The normalized spacial score (nSPS) is 16.6. The Labute approximate surface area is 180 Å². The number of carbonyl (C=O) groups excluding carboxylic acids is 1. The topological polar surface area (TPSA) is 71.6 Å². The van der Waals surface area contributed by atoms with Crippen LogP contribution >= 0.6 is 34.0 Å². The molecule has 5 rings (SSSR count). The molecule has 4 aromatic heterocycles. The number of anilines is 1. The van der Waals surface area contributed by atoms with Gasteiger partial charge in [0.2, 0.25) is 0 Å². The highest BCUT2D eigenvalue weighted by atomic mass is 32.1. The Morgan fingerprint density at radius 1 is 1.21 bits per heavy atom. The first-order chi connectivity index (χ1) is 14.0. The lowest BCUT2D eigenvalue weighted by atomic mass is 10.1. The lowest BCUT2D eigenvalue weighted by Crippen LogP contribution is -2.26. The first-order valence-electron chi connectivity index (χ1n) is 9.17. The monoisotopic (exact) mass is 438 g/mol. The van der Waals surface area contributed by atoms with Crippen LogP contribution in [0.15, 0.2) is 46.2 Å². The van der Waals surface area contributed by atoms with Crippen LogP contribution in [0.5, 0.6) is 0 Å². The van der Waals surface area contributed by atoms with Gasteiger partial charge in [-0.05, 0) is 48.4 Å². The minimum atomic E-state index is -0.160. The van der Waals surface area contributed by atoms with Crippen LogP contribution in [0, 0.1) is 13.8 Å². The van der Waals surface area contributed by atoms with Crippen LogP contribution < -0.4 is 5.73 Å². The number of carbonyl (C=O) groups is 1. The van der Waals surface area contributed by atoms with E-state index in [1.807, 2.05) is 48.9 Å². The SMILES string of the molecule is Cc1cc(C)c2c(N)c(C(=O)N3N=C(c4cccs4)CC3c3cccs3)sc2n1. The first-order valence-corrected chi connectivity index (χ1v) is 11.7. The number of hydrogen-bond donors (Lipinski definition) is 1. The molecule has 0 fully saturated rings. The average molecular weight is 439 g/mol. The maximum atomic E-state index is 13.6. The third-order valence-corrected chi connectivity index (χ3v) is 7.99. The van der Waals surface area contributed by atoms with E-state index in [9.17, 15) is 4.79 Å². The fraction of sp³-hybridized carbons (Fsp3) is 0.190. The van der Waals surface area contributed by atoms with Gasteiger partial charge >= 0.3 is 0 Å². The Morgan fingerprint density at radius 3 is 2.72 bits per heavy atom. The number of aromatic nitrogens is 1. The van der Waals surface area contributed by atoms with Gasteiger partial charge in [-0.3, -0.25) is 4.79 Å². The standard InChI is InChI=1S/C21H18N4OS3/c1-11-9-12(2)23-20-17(11)18(22)19(29-20)21(26)25-14(16-6-4-8-28-16)10-13(24-25)15-5-3-7-27-15/h3-9,14H,10,22H2,1-2H3. The van der Waals surface area contributed by atoms with E-state index in [-0.39, 0.29) is 11.9 Å². The second-order valence-electron chi connectivity index (χ2n) is 7.01. The van der Waals surface area contributed by atoms with Gasteiger partial charge in [0.25, 0.3) is 5.91 Å². The van der Waals surface area contributed by atoms with Gasteiger partial charge in [-0.2, -0.15) is 5.10 Å². The van der Waals surface area contributed by atoms with E-state index in [2.05, 4.69) is 11.1 Å². The van der Waals surface area contributed by atoms with Crippen LogP contribution in [0.1, 0.15) is 43.1 Å². The average Bonchev–Trinajstić information content (AvgIpc) is 3.46. The van der Waals surface area contributed by atoms with E-state index in [1.54, 1.807) is 27.7 Å². The molecule has 0 aromatic carbocycles. The number of fused-ring (bicyclic) bond motifs is 1. The van der Waals surface area contributed by atoms with Crippen molar-refractivity contribution < 1.29 is 4.79 Å². The quantitative estimate of drug-likeness (QED) is 0.452. The number of thiophene rings is 3. The predicted octanol–water partition coefficient (Wildman–Crippen LogP) is 5.61. The van der Waals surface area contributed by atoms with E-state index in [4.69, 9.17) is 10.8 Å². The van der Waals surface area contributed by atoms with Crippen LogP contribution in [-0.2, 0) is 0 Å². The molecule has 29 heavy (non-hydrogen) atoms. The second kappa shape index (κ2) is 7.05. The summed E-state index contributed by atoms with van der Waals surface area (Å²) >= 11 is 4.64. The van der Waals surface area contributed by atoms with Crippen molar-refractivity contribution in [3.8, 4) is 0 Å². The lowest BCUT2D eigenvalue weighted by Gasteiger charge is -2.20. The number of nitrogens with two attached hydrogens (primary N) is 1. The largest absolute Gasteiger partial charge is 0.397 e. The molecular formula is C21H18N4OS3. The van der Waals surface area contributed by atoms with Crippen molar-refractivity contribution in [1.82, 2.24) is 9.99 Å². The number of pyridine rings is 1. The van der Waals surface area contributed by atoms with Crippen molar-refractivity contribution in [2.75, 3.05) is 5.73 Å². The Bertz CT molecular complexity index is 1240. The molecule has 0 spiro atoms. The third kappa shape index (κ3) is 3.08. The summed E-state index contributed by atoms with van der Waals surface area (Å²) in [5.41, 5.74) is 9.84. The fourth-order valence-corrected chi connectivity index (χ4v) is 6.41. The van der Waals surface area contributed by atoms with Crippen molar-refractivity contribution >= 4 is 61.5 Å². The van der Waals surface area contributed by atoms with Gasteiger partial charge in [-0.15, -0.1) is 34.0 Å². The van der Waals surface area contributed by atoms with E-state index in [0.29, 0.717) is 17.0 Å². The molecule has 5 nitrogen and oxygen atoms in total. The Kier molecular flexibility index (Phi) is 4.49. The molecular weight excluding hydrogens is 420 g/mol. The summed E-state index contributed by atoms with van der Waals surface area (Å²) in [5, 5.41) is 11.3. The summed E-state index contributed by atoms with van der Waals surface area (Å²) in [6.45, 7) is 3.96. The molecule has 2 N–H and O–H groups in total. The molecule has 146 valence electrons. The predicted molar refractivity (Wildman–Crippen MR) is 122 cm³/mol. The zero-order valence-corrected chi connectivity index (χ0v) is 18.3. The van der Waals surface area contributed by atoms with Gasteiger partial charge in [0.05, 0.1) is 22.3 Å². The second-order valence-corrected chi connectivity index (χ2v) is 9.94. The number of rotatable bonds is 3. The van der Waals surface area contributed by atoms with Gasteiger partial charge in [0.15, 0.2) is 0 Å². The molecule has 8 heteroatoms. The Balaban J connectivity index is 1.60. The Hall–Kier alpha value is -2.55. The van der Waals surface area contributed by atoms with E-state index < -0.39 is 0 Å². The minimum Gasteiger partial charge on any atom is -0.397 e. The zero-order valence-electron chi connectivity index (χ0n) is 15.9. The van der Waals surface area contributed by atoms with Gasteiger partial charge in [0, 0.05) is 22.4 Å². The van der Waals surface area contributed by atoms with Crippen molar-refractivity contribution in [3.63, 3.8) is 0 Å². The molecule has 5 heterocycles. The minimum absolute atomic E-state index is 0.111. The van der Waals surface area contributed by atoms with Gasteiger partial charge in [-0.25, -0.2) is 9.99 Å². The maximum Gasteiger partial charge on any atom is 0.286 e. The number of aryl methyl sites for hydroxylation is 2. The number of hydrazone groups is 1. The van der Waals surface area contributed by atoms with Crippen LogP contribution in [0.2, 0.25) is 0 Å². The highest BCUT2D eigenvalue weighted by molar-refractivity contribution is 7.21. The van der Waals surface area contributed by atoms with E-state index >= 15 is 0 Å². The summed E-state index contributed by atoms with van der Waals surface area (Å²) in [6, 6.07) is 10.0. The number of amides is 1. The van der Waals surface area contributed by atoms with Crippen LogP contribution in [-0.4, -0.2) is 21.6 Å². The molecule has 0 aliphatic carbocycles. The summed E-state index contributed by atoms with van der Waals surface area (Å²) in [6.07, 6.45) is 0.702. The lowest BCUT2D eigenvalue weighted by molar-refractivity contribution is 0.0720. The third-order valence-electron chi connectivity index (χ3n) is 5.01. The summed E-state index contributed by atoms with van der Waals surface area (Å²) in [4.78, 5) is 21.7. The van der Waals surface area contributed by atoms with Crippen LogP contribution in [0.3, 0.4) is 0 Å². The van der Waals surface area contributed by atoms with Gasteiger partial charge < -0.3 is 5.73 Å². The summed E-state index contributed by atoms with van der Waals surface area (Å²) < 4.78 is 0. The number of nitrogens with zero attached hydrogens (tertiary/aromatic N) is 3. The van der Waals surface area contributed by atoms with Crippen molar-refractivity contribution in [2.24, 2.45) is 5.10 Å². The van der Waals surface area contributed by atoms with Crippen molar-refractivity contribution in [1.29, 1.82) is 0 Å². The fourth-order valence-electron chi connectivity index (χ4n) is 3.72. The van der Waals surface area contributed by atoms with Crippen molar-refractivity contribution in [3.05, 3.63) is 67.0 Å². The molecule has 1 unspecified atom stereocenters. The summed E-state index contributed by atoms with van der Waals surface area (Å²) in [7, 11) is 0. The maximum absolute atomic E-state index is 13.6. The highest BCUT2D eigenvalue weighted by Crippen LogP contribution is 2.41. The van der Waals surface area contributed by atoms with Gasteiger partial charge in [-0.1, -0.05) is 12.1 Å². The molecule has 4 aromatic rings. The molecule has 1 amide bonds. The first kappa shape index (κ1) is 18.5. The van der Waals surface area contributed by atoms with Crippen molar-refractivity contribution in [2.45, 2.75) is 26.3 Å². The molecule has 0 saturated heterocycles. The molecule has 1 atom stereocenters. The van der Waals surface area contributed by atoms with Crippen LogP contribution in [0.25, 0.3) is 10.2 Å². The zero-order chi connectivity index (χ0) is 20.1. The molecule has 1 aliphatic rings. The van der Waals surface area contributed by atoms with Crippen LogP contribution in [0.4, 0.5) is 5.69 Å². The van der Waals surface area contributed by atoms with E-state index in [1.165, 1.54) is 11.3 Å². The molecule has 1 aliphatic heterocycles. The number of hydrogen-bond acceptors (Lipinski definition) is 7. The summed E-state index contributed by atoms with van der Waals surface area (Å²) in [5.74, 6) is -0.160. The molecule has 0 saturated carbocycles. The van der Waals surface area contributed by atoms with Gasteiger partial charge in [0.1, 0.15) is 9.71 Å². The molecule has 0 radical (unpaired) electrons. The molecule has 0 bridgehead atoms. The number of nitrogen functional groups attached to an aromatic ring is 1. The highest BCUT2D eigenvalue weighted by Gasteiger charge is 2.36.